The first-order chi connectivity index (χ1) is 19.0. The van der Waals surface area contributed by atoms with Crippen molar-refractivity contribution in [3.8, 4) is 28.6 Å². The Bertz CT molecular complexity index is 1590. The van der Waals surface area contributed by atoms with E-state index < -0.39 is 0 Å². The van der Waals surface area contributed by atoms with Crippen LogP contribution in [-0.4, -0.2) is 32.6 Å². The molecule has 0 bridgehead atoms. The highest BCUT2D eigenvalue weighted by Gasteiger charge is 2.17. The number of nitrogens with one attached hydrogen (secondary N) is 1. The number of benzene rings is 4. The highest BCUT2D eigenvalue weighted by atomic mass is 35.5. The highest BCUT2D eigenvalue weighted by molar-refractivity contribution is 7.99. The second kappa shape index (κ2) is 12.4. The van der Waals surface area contributed by atoms with Gasteiger partial charge in [-0.25, -0.2) is 5.43 Å². The molecule has 1 amide bonds. The van der Waals surface area contributed by atoms with E-state index in [1.54, 1.807) is 6.21 Å². The Kier molecular flexibility index (Phi) is 8.36. The lowest BCUT2D eigenvalue weighted by Gasteiger charge is -2.10. The predicted octanol–water partition coefficient (Wildman–Crippen LogP) is 6.93. The van der Waals surface area contributed by atoms with E-state index in [-0.39, 0.29) is 11.7 Å². The number of thioether (sulfide) groups is 1. The molecule has 1 heterocycles. The van der Waals surface area contributed by atoms with Crippen LogP contribution in [0, 0.1) is 6.92 Å². The highest BCUT2D eigenvalue weighted by Crippen LogP contribution is 2.29. The number of hydrazone groups is 1. The molecule has 5 rings (SSSR count). The molecule has 194 valence electrons. The average Bonchev–Trinajstić information content (AvgIpc) is 3.37. The summed E-state index contributed by atoms with van der Waals surface area (Å²) >= 11 is 7.36. The quantitative estimate of drug-likeness (QED) is 0.122. The summed E-state index contributed by atoms with van der Waals surface area (Å²) in [4.78, 5) is 12.6. The number of carbonyl (C=O) groups is 1. The first-order valence-electron chi connectivity index (χ1n) is 12.1. The second-order valence-corrected chi connectivity index (χ2v) is 9.93. The van der Waals surface area contributed by atoms with Crippen LogP contribution < -0.4 is 10.2 Å². The molecule has 9 heteroatoms. The molecule has 0 radical (unpaired) electrons. The van der Waals surface area contributed by atoms with E-state index in [1.165, 1.54) is 11.8 Å². The SMILES string of the molecule is Cc1ccc(-n2c(SCC(=O)N/N=C/c3cccc(Oc4ccccc4)c3)nnc2-c2ccc(Cl)cc2)cc1. The number of hydrogen-bond acceptors (Lipinski definition) is 6. The topological polar surface area (TPSA) is 81.4 Å². The maximum atomic E-state index is 12.6. The number of hydrogen-bond donors (Lipinski definition) is 1. The molecule has 39 heavy (non-hydrogen) atoms. The van der Waals surface area contributed by atoms with Gasteiger partial charge in [0.05, 0.1) is 12.0 Å². The molecule has 0 spiro atoms. The third-order valence-electron chi connectivity index (χ3n) is 5.60. The molecular formula is C30H24ClN5O2S. The number of rotatable bonds is 9. The van der Waals surface area contributed by atoms with Crippen LogP contribution in [0.1, 0.15) is 11.1 Å². The Morgan fingerprint density at radius 2 is 1.69 bits per heavy atom. The largest absolute Gasteiger partial charge is 0.457 e. The van der Waals surface area contributed by atoms with Crippen molar-refractivity contribution >= 4 is 35.5 Å². The third-order valence-corrected chi connectivity index (χ3v) is 6.78. The van der Waals surface area contributed by atoms with Crippen molar-refractivity contribution in [1.82, 2.24) is 20.2 Å². The zero-order valence-corrected chi connectivity index (χ0v) is 22.6. The number of ether oxygens (including phenoxy) is 1. The van der Waals surface area contributed by atoms with E-state index in [0.717, 1.165) is 28.1 Å². The minimum Gasteiger partial charge on any atom is -0.457 e. The number of amides is 1. The second-order valence-electron chi connectivity index (χ2n) is 8.55. The summed E-state index contributed by atoms with van der Waals surface area (Å²) in [6, 6.07) is 32.5. The van der Waals surface area contributed by atoms with Gasteiger partial charge in [-0.3, -0.25) is 9.36 Å². The van der Waals surface area contributed by atoms with Gasteiger partial charge in [-0.15, -0.1) is 10.2 Å². The zero-order valence-electron chi connectivity index (χ0n) is 21.0. The molecule has 5 aromatic rings. The van der Waals surface area contributed by atoms with Crippen LogP contribution in [0.25, 0.3) is 17.1 Å². The molecule has 0 saturated carbocycles. The van der Waals surface area contributed by atoms with Gasteiger partial charge in [0, 0.05) is 16.3 Å². The van der Waals surface area contributed by atoms with Crippen molar-refractivity contribution in [1.29, 1.82) is 0 Å². The summed E-state index contributed by atoms with van der Waals surface area (Å²) in [5.74, 6) is 1.93. The van der Waals surface area contributed by atoms with Gasteiger partial charge >= 0.3 is 0 Å². The minimum absolute atomic E-state index is 0.110. The molecule has 0 atom stereocenters. The van der Waals surface area contributed by atoms with Crippen molar-refractivity contribution in [2.75, 3.05) is 5.75 Å². The Labute approximate surface area is 235 Å². The summed E-state index contributed by atoms with van der Waals surface area (Å²) in [6.45, 7) is 2.03. The Hall–Kier alpha value is -4.40. The van der Waals surface area contributed by atoms with Gasteiger partial charge in [0.25, 0.3) is 5.91 Å². The van der Waals surface area contributed by atoms with Gasteiger partial charge in [-0.1, -0.05) is 71.4 Å². The third kappa shape index (κ3) is 6.93. The van der Waals surface area contributed by atoms with Crippen LogP contribution in [-0.2, 0) is 4.79 Å². The van der Waals surface area contributed by atoms with Crippen LogP contribution >= 0.6 is 23.4 Å². The number of para-hydroxylation sites is 1. The molecule has 0 aliphatic rings. The first-order valence-corrected chi connectivity index (χ1v) is 13.5. The maximum Gasteiger partial charge on any atom is 0.250 e. The Balaban J connectivity index is 1.25. The molecule has 0 saturated heterocycles. The summed E-state index contributed by atoms with van der Waals surface area (Å²) < 4.78 is 7.79. The Morgan fingerprint density at radius 3 is 2.46 bits per heavy atom. The van der Waals surface area contributed by atoms with Gasteiger partial charge in [0.1, 0.15) is 11.5 Å². The van der Waals surface area contributed by atoms with E-state index in [9.17, 15) is 4.79 Å². The predicted molar refractivity (Wildman–Crippen MR) is 156 cm³/mol. The lowest BCUT2D eigenvalue weighted by atomic mass is 10.2. The molecule has 4 aromatic carbocycles. The van der Waals surface area contributed by atoms with Crippen LogP contribution in [0.5, 0.6) is 11.5 Å². The monoisotopic (exact) mass is 553 g/mol. The first kappa shape index (κ1) is 26.2. The van der Waals surface area contributed by atoms with Gasteiger partial charge < -0.3 is 4.74 Å². The fourth-order valence-electron chi connectivity index (χ4n) is 3.70. The van der Waals surface area contributed by atoms with E-state index in [1.807, 2.05) is 115 Å². The number of carbonyl (C=O) groups excluding carboxylic acids is 1. The molecule has 0 fully saturated rings. The van der Waals surface area contributed by atoms with Crippen LogP contribution in [0.2, 0.25) is 5.02 Å². The lowest BCUT2D eigenvalue weighted by molar-refractivity contribution is -0.118. The fraction of sp³-hybridized carbons (Fsp3) is 0.0667. The van der Waals surface area contributed by atoms with Gasteiger partial charge in [0.15, 0.2) is 11.0 Å². The minimum atomic E-state index is -0.264. The summed E-state index contributed by atoms with van der Waals surface area (Å²) in [6.07, 6.45) is 1.58. The molecular weight excluding hydrogens is 530 g/mol. The molecule has 0 aliphatic carbocycles. The lowest BCUT2D eigenvalue weighted by Crippen LogP contribution is -2.20. The van der Waals surface area contributed by atoms with Crippen molar-refractivity contribution in [3.05, 3.63) is 119 Å². The van der Waals surface area contributed by atoms with E-state index in [0.29, 0.717) is 21.8 Å². The molecule has 0 aliphatic heterocycles. The van der Waals surface area contributed by atoms with Gasteiger partial charge in [0.2, 0.25) is 0 Å². The maximum absolute atomic E-state index is 12.6. The normalized spacial score (nSPS) is 11.0. The summed E-state index contributed by atoms with van der Waals surface area (Å²) in [5, 5.41) is 14.1. The standard InChI is InChI=1S/C30H24ClN5O2S/c1-21-10-16-25(17-11-21)36-29(23-12-14-24(31)15-13-23)34-35-30(36)39-20-28(37)33-32-19-22-6-5-9-27(18-22)38-26-7-3-2-4-8-26/h2-19H,20H2,1H3,(H,33,37)/b32-19+. The number of nitrogens with zero attached hydrogens (tertiary/aromatic N) is 4. The van der Waals surface area contributed by atoms with E-state index >= 15 is 0 Å². The van der Waals surface area contributed by atoms with Crippen molar-refractivity contribution in [2.45, 2.75) is 12.1 Å². The van der Waals surface area contributed by atoms with Crippen molar-refractivity contribution < 1.29 is 9.53 Å². The average molecular weight is 554 g/mol. The summed E-state index contributed by atoms with van der Waals surface area (Å²) in [7, 11) is 0. The van der Waals surface area contributed by atoms with Crippen LogP contribution in [0.3, 0.4) is 0 Å². The molecule has 0 unspecified atom stereocenters. The summed E-state index contributed by atoms with van der Waals surface area (Å²) in [5.41, 5.74) is 6.28. The van der Waals surface area contributed by atoms with Gasteiger partial charge in [-0.2, -0.15) is 5.10 Å². The molecule has 1 aromatic heterocycles. The van der Waals surface area contributed by atoms with Crippen LogP contribution in [0.4, 0.5) is 0 Å². The van der Waals surface area contributed by atoms with Crippen molar-refractivity contribution in [3.63, 3.8) is 0 Å². The van der Waals surface area contributed by atoms with Crippen molar-refractivity contribution in [2.24, 2.45) is 5.10 Å². The molecule has 7 nitrogen and oxygen atoms in total. The van der Waals surface area contributed by atoms with E-state index in [4.69, 9.17) is 16.3 Å². The smallest absolute Gasteiger partial charge is 0.250 e. The Morgan fingerprint density at radius 1 is 0.949 bits per heavy atom. The fourth-order valence-corrected chi connectivity index (χ4v) is 4.57. The number of aromatic nitrogens is 3. The zero-order chi connectivity index (χ0) is 27.0. The van der Waals surface area contributed by atoms with E-state index in [2.05, 4.69) is 20.7 Å². The number of halogens is 1. The van der Waals surface area contributed by atoms with Gasteiger partial charge in [-0.05, 0) is 73.2 Å². The molecule has 1 N–H and O–H groups in total. The van der Waals surface area contributed by atoms with Crippen LogP contribution in [0.15, 0.2) is 113 Å². The number of aryl methyl sites for hydroxylation is 1.